The van der Waals surface area contributed by atoms with Gasteiger partial charge in [0.15, 0.2) is 5.82 Å². The second kappa shape index (κ2) is 6.19. The van der Waals surface area contributed by atoms with Gasteiger partial charge in [0.2, 0.25) is 0 Å². The fraction of sp³-hybridized carbons (Fsp3) is 0.333. The Balaban J connectivity index is 2.63. The van der Waals surface area contributed by atoms with Gasteiger partial charge in [0.05, 0.1) is 5.02 Å². The van der Waals surface area contributed by atoms with Gasteiger partial charge in [-0.2, -0.15) is 0 Å². The summed E-state index contributed by atoms with van der Waals surface area (Å²) in [6.45, 7) is 4.38. The molecule has 1 aromatic carbocycles. The van der Waals surface area contributed by atoms with E-state index in [9.17, 15) is 8.42 Å². The fourth-order valence-corrected chi connectivity index (χ4v) is 3.02. The Kier molecular flexibility index (Phi) is 4.91. The number of aromatic nitrogens is 3. The molecule has 0 spiro atoms. The fourth-order valence-electron chi connectivity index (χ4n) is 1.88. The maximum atomic E-state index is 11.6. The van der Waals surface area contributed by atoms with Gasteiger partial charge in [-0.15, -0.1) is 10.2 Å². The van der Waals surface area contributed by atoms with Gasteiger partial charge in [-0.05, 0) is 40.6 Å². The lowest BCUT2D eigenvalue weighted by atomic mass is 10.2. The first-order chi connectivity index (χ1) is 9.70. The minimum atomic E-state index is -3.93. The average Bonchev–Trinajstić information content (AvgIpc) is 2.75. The molecule has 0 radical (unpaired) electrons. The van der Waals surface area contributed by atoms with Crippen LogP contribution in [0.2, 0.25) is 5.02 Å². The minimum Gasteiger partial charge on any atom is -0.296 e. The number of hydrogen-bond donors (Lipinski definition) is 1. The lowest BCUT2D eigenvalue weighted by molar-refractivity contribution is 0.486. The molecule has 0 fully saturated rings. The molecule has 0 aliphatic rings. The van der Waals surface area contributed by atoms with E-state index in [-0.39, 0.29) is 11.1 Å². The molecule has 0 aliphatic carbocycles. The minimum absolute atomic E-state index is 0.208. The number of nitrogens with zero attached hydrogens (tertiary/aromatic N) is 3. The summed E-state index contributed by atoms with van der Waals surface area (Å²) in [5.74, 6) is 0.644. The van der Waals surface area contributed by atoms with Crippen molar-refractivity contribution < 1.29 is 8.42 Å². The molecule has 1 heterocycles. The van der Waals surface area contributed by atoms with Crippen LogP contribution >= 0.6 is 34.2 Å². The summed E-state index contributed by atoms with van der Waals surface area (Å²) in [5.41, 5.74) is 0.698. The number of rotatable bonds is 4. The third-order valence-corrected chi connectivity index (χ3v) is 5.08. The van der Waals surface area contributed by atoms with E-state index in [0.29, 0.717) is 23.0 Å². The van der Waals surface area contributed by atoms with Gasteiger partial charge in [0.25, 0.3) is 15.2 Å². The first-order valence-corrected chi connectivity index (χ1v) is 9.12. The maximum absolute atomic E-state index is 11.6. The molecule has 2 rings (SSSR count). The lowest BCUT2D eigenvalue weighted by Gasteiger charge is -2.12. The third kappa shape index (κ3) is 3.74. The highest BCUT2D eigenvalue weighted by Gasteiger charge is 2.22. The molecule has 2 N–H and O–H groups in total. The smallest absolute Gasteiger partial charge is 0.273 e. The third-order valence-electron chi connectivity index (χ3n) is 2.70. The number of primary sulfonamides is 1. The van der Waals surface area contributed by atoms with Gasteiger partial charge in [-0.25, -0.2) is 13.6 Å². The van der Waals surface area contributed by atoms with Gasteiger partial charge in [-0.1, -0.05) is 31.5 Å². The van der Waals surface area contributed by atoms with Crippen LogP contribution in [0.4, 0.5) is 0 Å². The Labute approximate surface area is 141 Å². The van der Waals surface area contributed by atoms with Crippen molar-refractivity contribution >= 4 is 44.2 Å². The van der Waals surface area contributed by atoms with Crippen LogP contribution < -0.4 is 5.14 Å². The zero-order valence-corrected chi connectivity index (χ0v) is 15.1. The first kappa shape index (κ1) is 16.7. The van der Waals surface area contributed by atoms with Crippen molar-refractivity contribution in [3.8, 4) is 11.4 Å². The number of sulfonamides is 1. The predicted molar refractivity (Wildman–Crippen MR) is 89.4 cm³/mol. The van der Waals surface area contributed by atoms with Crippen LogP contribution in [0.1, 0.15) is 13.8 Å². The topological polar surface area (TPSA) is 90.9 Å². The Morgan fingerprint density at radius 1 is 1.38 bits per heavy atom. The summed E-state index contributed by atoms with van der Waals surface area (Å²) in [7, 11) is -3.93. The molecule has 0 saturated carbocycles. The molecule has 0 unspecified atom stereocenters. The summed E-state index contributed by atoms with van der Waals surface area (Å²) in [5, 5.41) is 13.2. The van der Waals surface area contributed by atoms with E-state index in [0.717, 1.165) is 3.57 Å². The van der Waals surface area contributed by atoms with E-state index in [1.54, 1.807) is 6.07 Å². The van der Waals surface area contributed by atoms with Crippen LogP contribution in [0.5, 0.6) is 0 Å². The van der Waals surface area contributed by atoms with E-state index < -0.39 is 10.0 Å². The quantitative estimate of drug-likeness (QED) is 0.740. The van der Waals surface area contributed by atoms with E-state index in [4.69, 9.17) is 16.7 Å². The highest BCUT2D eigenvalue weighted by atomic mass is 127. The highest BCUT2D eigenvalue weighted by Crippen LogP contribution is 2.27. The van der Waals surface area contributed by atoms with Crippen LogP contribution in [-0.2, 0) is 16.6 Å². The maximum Gasteiger partial charge on any atom is 0.273 e. The van der Waals surface area contributed by atoms with Gasteiger partial charge >= 0.3 is 0 Å². The summed E-state index contributed by atoms with van der Waals surface area (Å²) >= 11 is 8.23. The number of halogens is 2. The number of nitrogens with two attached hydrogens (primary N) is 1. The standard InChI is InChI=1S/C12H14ClIN4O2S/c1-7(2)6-18-11(16-17-12(18)21(15,19)20)8-3-4-10(14)9(13)5-8/h3-5,7H,6H2,1-2H3,(H2,15,19,20). The first-order valence-electron chi connectivity index (χ1n) is 6.11. The molecule has 9 heteroatoms. The van der Waals surface area contributed by atoms with Gasteiger partial charge in [0.1, 0.15) is 0 Å². The normalized spacial score (nSPS) is 12.1. The SMILES string of the molecule is CC(C)Cn1c(-c2ccc(I)c(Cl)c2)nnc1S(N)(=O)=O. The molecule has 0 bridgehead atoms. The molecule has 114 valence electrons. The van der Waals surface area contributed by atoms with E-state index in [1.807, 2.05) is 26.0 Å². The van der Waals surface area contributed by atoms with Crippen molar-refractivity contribution in [3.63, 3.8) is 0 Å². The van der Waals surface area contributed by atoms with Crippen molar-refractivity contribution in [2.75, 3.05) is 0 Å². The Morgan fingerprint density at radius 3 is 2.57 bits per heavy atom. The van der Waals surface area contributed by atoms with Crippen LogP contribution in [-0.4, -0.2) is 23.2 Å². The molecule has 1 aromatic heterocycles. The van der Waals surface area contributed by atoms with Gasteiger partial charge in [-0.3, -0.25) is 4.57 Å². The Bertz CT molecular complexity index is 774. The van der Waals surface area contributed by atoms with Crippen molar-refractivity contribution in [1.82, 2.24) is 14.8 Å². The monoisotopic (exact) mass is 440 g/mol. The molecule has 0 saturated heterocycles. The summed E-state index contributed by atoms with van der Waals surface area (Å²) in [6.07, 6.45) is 0. The van der Waals surface area contributed by atoms with Crippen molar-refractivity contribution in [3.05, 3.63) is 26.8 Å². The second-order valence-electron chi connectivity index (χ2n) is 4.98. The summed E-state index contributed by atoms with van der Waals surface area (Å²) in [4.78, 5) is 0. The van der Waals surface area contributed by atoms with E-state index >= 15 is 0 Å². The Hall–Kier alpha value is -0.710. The van der Waals surface area contributed by atoms with Crippen molar-refractivity contribution in [2.24, 2.45) is 11.1 Å². The summed E-state index contributed by atoms with van der Waals surface area (Å²) < 4.78 is 25.7. The van der Waals surface area contributed by atoms with E-state index in [1.165, 1.54) is 4.57 Å². The van der Waals surface area contributed by atoms with Crippen molar-refractivity contribution in [2.45, 2.75) is 25.5 Å². The van der Waals surface area contributed by atoms with Crippen molar-refractivity contribution in [1.29, 1.82) is 0 Å². The number of benzene rings is 1. The van der Waals surface area contributed by atoms with Crippen LogP contribution in [0.3, 0.4) is 0 Å². The molecule has 6 nitrogen and oxygen atoms in total. The highest BCUT2D eigenvalue weighted by molar-refractivity contribution is 14.1. The Morgan fingerprint density at radius 2 is 2.05 bits per heavy atom. The molecule has 0 amide bonds. The van der Waals surface area contributed by atoms with E-state index in [2.05, 4.69) is 32.8 Å². The predicted octanol–water partition coefficient (Wildman–Crippen LogP) is 2.51. The number of hydrogen-bond acceptors (Lipinski definition) is 4. The van der Waals surface area contributed by atoms with Gasteiger partial charge < -0.3 is 0 Å². The summed E-state index contributed by atoms with van der Waals surface area (Å²) in [6, 6.07) is 5.39. The zero-order valence-electron chi connectivity index (χ0n) is 11.4. The molecular formula is C12H14ClIN4O2S. The molecule has 21 heavy (non-hydrogen) atoms. The largest absolute Gasteiger partial charge is 0.296 e. The second-order valence-corrected chi connectivity index (χ2v) is 8.01. The molecular weight excluding hydrogens is 427 g/mol. The molecule has 0 aliphatic heterocycles. The molecule has 0 atom stereocenters. The zero-order chi connectivity index (χ0) is 15.8. The average molecular weight is 441 g/mol. The molecule has 2 aromatic rings. The van der Waals surface area contributed by atoms with Gasteiger partial charge in [0, 0.05) is 15.7 Å². The lowest BCUT2D eigenvalue weighted by Crippen LogP contribution is -2.20. The van der Waals surface area contributed by atoms with Crippen LogP contribution in [0.25, 0.3) is 11.4 Å². The van der Waals surface area contributed by atoms with Crippen LogP contribution in [0.15, 0.2) is 23.4 Å². The van der Waals surface area contributed by atoms with Crippen LogP contribution in [0, 0.1) is 9.49 Å².